The standard InChI is InChI=1S/C20H23BrN2O4/c1-13-9-15(21)6-8-17(13)22-19(24)12-23(2)20(25)10-14-5-7-16(26-3)11-18(14)27-4/h5-9,11H,10,12H2,1-4H3,(H,22,24). The lowest BCUT2D eigenvalue weighted by molar-refractivity contribution is -0.132. The molecule has 2 amide bonds. The van der Waals surface area contributed by atoms with Crippen molar-refractivity contribution in [2.75, 3.05) is 33.1 Å². The predicted octanol–water partition coefficient (Wildman–Crippen LogP) is 3.41. The third kappa shape index (κ3) is 5.72. The maximum atomic E-state index is 12.5. The average molecular weight is 435 g/mol. The number of aryl methyl sites for hydroxylation is 1. The predicted molar refractivity (Wildman–Crippen MR) is 108 cm³/mol. The summed E-state index contributed by atoms with van der Waals surface area (Å²) in [4.78, 5) is 26.1. The van der Waals surface area contributed by atoms with Gasteiger partial charge in [-0.2, -0.15) is 0 Å². The van der Waals surface area contributed by atoms with E-state index in [2.05, 4.69) is 21.2 Å². The summed E-state index contributed by atoms with van der Waals surface area (Å²) >= 11 is 3.39. The Labute approximate surface area is 167 Å². The smallest absolute Gasteiger partial charge is 0.243 e. The molecule has 7 heteroatoms. The van der Waals surface area contributed by atoms with E-state index in [1.54, 1.807) is 39.5 Å². The quantitative estimate of drug-likeness (QED) is 0.724. The molecule has 2 rings (SSSR count). The zero-order valence-electron chi connectivity index (χ0n) is 15.8. The van der Waals surface area contributed by atoms with E-state index in [0.29, 0.717) is 11.5 Å². The Hall–Kier alpha value is -2.54. The summed E-state index contributed by atoms with van der Waals surface area (Å²) in [5, 5.41) is 2.83. The molecule has 0 aromatic heterocycles. The number of hydrogen-bond donors (Lipinski definition) is 1. The van der Waals surface area contributed by atoms with E-state index in [-0.39, 0.29) is 24.8 Å². The molecule has 0 heterocycles. The summed E-state index contributed by atoms with van der Waals surface area (Å²) in [7, 11) is 4.71. The van der Waals surface area contributed by atoms with E-state index in [4.69, 9.17) is 9.47 Å². The number of methoxy groups -OCH3 is 2. The molecule has 6 nitrogen and oxygen atoms in total. The average Bonchev–Trinajstić information content (AvgIpc) is 2.64. The Kier molecular flexibility index (Phi) is 7.24. The molecule has 144 valence electrons. The van der Waals surface area contributed by atoms with Gasteiger partial charge in [0.1, 0.15) is 11.5 Å². The van der Waals surface area contributed by atoms with Gasteiger partial charge in [0, 0.05) is 28.8 Å². The molecule has 0 aliphatic carbocycles. The molecule has 0 saturated carbocycles. The highest BCUT2D eigenvalue weighted by Crippen LogP contribution is 2.25. The first-order valence-electron chi connectivity index (χ1n) is 8.35. The molecule has 0 aliphatic heterocycles. The second kappa shape index (κ2) is 9.41. The fourth-order valence-electron chi connectivity index (χ4n) is 2.56. The summed E-state index contributed by atoms with van der Waals surface area (Å²) in [6.07, 6.45) is 0.133. The lowest BCUT2D eigenvalue weighted by atomic mass is 10.1. The van der Waals surface area contributed by atoms with Gasteiger partial charge < -0.3 is 19.7 Å². The van der Waals surface area contributed by atoms with E-state index in [1.165, 1.54) is 4.90 Å². The maximum absolute atomic E-state index is 12.5. The van der Waals surface area contributed by atoms with Crippen molar-refractivity contribution >= 4 is 33.4 Å². The highest BCUT2D eigenvalue weighted by Gasteiger charge is 2.16. The van der Waals surface area contributed by atoms with Gasteiger partial charge in [0.05, 0.1) is 27.2 Å². The van der Waals surface area contributed by atoms with Crippen LogP contribution < -0.4 is 14.8 Å². The van der Waals surface area contributed by atoms with Crippen molar-refractivity contribution in [3.63, 3.8) is 0 Å². The van der Waals surface area contributed by atoms with Crippen LogP contribution in [-0.2, 0) is 16.0 Å². The minimum atomic E-state index is -0.252. The number of nitrogens with one attached hydrogen (secondary N) is 1. The fourth-order valence-corrected chi connectivity index (χ4v) is 3.03. The Balaban J connectivity index is 1.98. The van der Waals surface area contributed by atoms with Gasteiger partial charge in [-0.05, 0) is 36.8 Å². The lowest BCUT2D eigenvalue weighted by Gasteiger charge is -2.18. The van der Waals surface area contributed by atoms with Crippen LogP contribution in [0.4, 0.5) is 5.69 Å². The summed E-state index contributed by atoms with van der Waals surface area (Å²) in [6.45, 7) is 1.87. The van der Waals surface area contributed by atoms with Gasteiger partial charge in [-0.15, -0.1) is 0 Å². The second-order valence-corrected chi connectivity index (χ2v) is 7.03. The molecule has 0 bridgehead atoms. The number of benzene rings is 2. The van der Waals surface area contributed by atoms with Crippen molar-refractivity contribution in [1.29, 1.82) is 0 Å². The minimum absolute atomic E-state index is 0.0349. The number of carbonyl (C=O) groups is 2. The van der Waals surface area contributed by atoms with Crippen molar-refractivity contribution < 1.29 is 19.1 Å². The van der Waals surface area contributed by atoms with Gasteiger partial charge in [-0.3, -0.25) is 9.59 Å². The van der Waals surface area contributed by atoms with Gasteiger partial charge in [0.15, 0.2) is 0 Å². The Morgan fingerprint density at radius 2 is 1.85 bits per heavy atom. The number of likely N-dealkylation sites (N-methyl/N-ethyl adjacent to an activating group) is 1. The molecule has 0 fully saturated rings. The molecular formula is C20H23BrN2O4. The number of amides is 2. The zero-order chi connectivity index (χ0) is 20.0. The monoisotopic (exact) mass is 434 g/mol. The normalized spacial score (nSPS) is 10.3. The van der Waals surface area contributed by atoms with Crippen molar-refractivity contribution in [3.05, 3.63) is 52.0 Å². The molecule has 0 saturated heterocycles. The topological polar surface area (TPSA) is 67.9 Å². The first-order chi connectivity index (χ1) is 12.8. The number of hydrogen-bond acceptors (Lipinski definition) is 4. The van der Waals surface area contributed by atoms with E-state index >= 15 is 0 Å². The van der Waals surface area contributed by atoms with Crippen LogP contribution >= 0.6 is 15.9 Å². The van der Waals surface area contributed by atoms with Crippen LogP contribution in [0, 0.1) is 6.92 Å². The summed E-state index contributed by atoms with van der Waals surface area (Å²) < 4.78 is 11.4. The van der Waals surface area contributed by atoms with E-state index in [1.807, 2.05) is 25.1 Å². The molecule has 0 atom stereocenters. The number of anilines is 1. The first kappa shape index (κ1) is 20.8. The summed E-state index contributed by atoms with van der Waals surface area (Å²) in [5.74, 6) is 0.797. The molecule has 0 unspecified atom stereocenters. The van der Waals surface area contributed by atoms with Crippen LogP contribution in [0.25, 0.3) is 0 Å². The fraction of sp³-hybridized carbons (Fsp3) is 0.300. The van der Waals surface area contributed by atoms with Crippen molar-refractivity contribution in [3.8, 4) is 11.5 Å². The van der Waals surface area contributed by atoms with E-state index in [0.717, 1.165) is 21.3 Å². The molecule has 0 spiro atoms. The highest BCUT2D eigenvalue weighted by atomic mass is 79.9. The number of rotatable bonds is 7. The van der Waals surface area contributed by atoms with Crippen molar-refractivity contribution in [1.82, 2.24) is 4.90 Å². The number of carbonyl (C=O) groups excluding carboxylic acids is 2. The van der Waals surface area contributed by atoms with Crippen LogP contribution in [0.3, 0.4) is 0 Å². The molecular weight excluding hydrogens is 412 g/mol. The van der Waals surface area contributed by atoms with Crippen LogP contribution in [0.2, 0.25) is 0 Å². The number of halogens is 1. The third-order valence-corrected chi connectivity index (χ3v) is 4.60. The Morgan fingerprint density at radius 1 is 1.11 bits per heavy atom. The molecule has 0 aliphatic rings. The van der Waals surface area contributed by atoms with Gasteiger partial charge in [0.2, 0.25) is 11.8 Å². The summed E-state index contributed by atoms with van der Waals surface area (Å²) in [6, 6.07) is 10.9. The van der Waals surface area contributed by atoms with Gasteiger partial charge in [0.25, 0.3) is 0 Å². The molecule has 1 N–H and O–H groups in total. The van der Waals surface area contributed by atoms with Gasteiger partial charge in [-0.25, -0.2) is 0 Å². The Bertz CT molecular complexity index is 839. The lowest BCUT2D eigenvalue weighted by Crippen LogP contribution is -2.36. The van der Waals surface area contributed by atoms with E-state index < -0.39 is 0 Å². The first-order valence-corrected chi connectivity index (χ1v) is 9.14. The van der Waals surface area contributed by atoms with Crippen LogP contribution in [-0.4, -0.2) is 44.5 Å². The molecule has 2 aromatic carbocycles. The molecule has 27 heavy (non-hydrogen) atoms. The van der Waals surface area contributed by atoms with Gasteiger partial charge >= 0.3 is 0 Å². The molecule has 2 aromatic rings. The van der Waals surface area contributed by atoms with Crippen LogP contribution in [0.5, 0.6) is 11.5 Å². The number of nitrogens with zero attached hydrogens (tertiary/aromatic N) is 1. The second-order valence-electron chi connectivity index (χ2n) is 6.11. The molecule has 0 radical (unpaired) electrons. The Morgan fingerprint density at radius 3 is 2.48 bits per heavy atom. The van der Waals surface area contributed by atoms with E-state index in [9.17, 15) is 9.59 Å². The van der Waals surface area contributed by atoms with Crippen LogP contribution in [0.1, 0.15) is 11.1 Å². The minimum Gasteiger partial charge on any atom is -0.497 e. The SMILES string of the molecule is COc1ccc(CC(=O)N(C)CC(=O)Nc2ccc(Br)cc2C)c(OC)c1. The third-order valence-electron chi connectivity index (χ3n) is 4.10. The maximum Gasteiger partial charge on any atom is 0.243 e. The summed E-state index contributed by atoms with van der Waals surface area (Å²) in [5.41, 5.74) is 2.40. The largest absolute Gasteiger partial charge is 0.497 e. The highest BCUT2D eigenvalue weighted by molar-refractivity contribution is 9.10. The number of ether oxygens (including phenoxy) is 2. The van der Waals surface area contributed by atoms with Gasteiger partial charge in [-0.1, -0.05) is 22.0 Å². The van der Waals surface area contributed by atoms with Crippen molar-refractivity contribution in [2.24, 2.45) is 0 Å². The van der Waals surface area contributed by atoms with Crippen molar-refractivity contribution in [2.45, 2.75) is 13.3 Å². The van der Waals surface area contributed by atoms with Crippen LogP contribution in [0.15, 0.2) is 40.9 Å². The zero-order valence-corrected chi connectivity index (χ0v) is 17.4.